The van der Waals surface area contributed by atoms with Gasteiger partial charge in [0.1, 0.15) is 0 Å². The number of carbonyl (C=O) groups excluding carboxylic acids is 1. The topological polar surface area (TPSA) is 29.1 Å². The lowest BCUT2D eigenvalue weighted by Gasteiger charge is -2.24. The predicted molar refractivity (Wildman–Crippen MR) is 84.4 cm³/mol. The van der Waals surface area contributed by atoms with Crippen molar-refractivity contribution >= 4 is 17.7 Å². The van der Waals surface area contributed by atoms with E-state index in [1.807, 2.05) is 17.8 Å². The fourth-order valence-corrected chi connectivity index (χ4v) is 2.92. The maximum absolute atomic E-state index is 11.0. The van der Waals surface area contributed by atoms with Crippen LogP contribution in [0.4, 0.5) is 0 Å². The van der Waals surface area contributed by atoms with Crippen molar-refractivity contribution in [2.24, 2.45) is 0 Å². The average Bonchev–Trinajstić information content (AvgIpc) is 2.43. The molecule has 0 bridgehead atoms. The highest BCUT2D eigenvalue weighted by atomic mass is 32.2. The summed E-state index contributed by atoms with van der Waals surface area (Å²) < 4.78 is 0.144. The monoisotopic (exact) mass is 277 g/mol. The molecule has 2 nitrogen and oxygen atoms in total. The van der Waals surface area contributed by atoms with E-state index in [-0.39, 0.29) is 10.7 Å². The van der Waals surface area contributed by atoms with Crippen LogP contribution in [0, 0.1) is 0 Å². The van der Waals surface area contributed by atoms with Crippen LogP contribution >= 0.6 is 11.8 Å². The van der Waals surface area contributed by atoms with E-state index >= 15 is 0 Å². The van der Waals surface area contributed by atoms with Gasteiger partial charge < -0.3 is 5.32 Å². The van der Waals surface area contributed by atoms with Gasteiger partial charge in [-0.2, -0.15) is 11.8 Å². The fraction of sp³-hybridized carbons (Fsp3) is 0.438. The van der Waals surface area contributed by atoms with Crippen LogP contribution in [0.3, 0.4) is 0 Å². The zero-order chi connectivity index (χ0) is 14.1. The van der Waals surface area contributed by atoms with E-state index in [9.17, 15) is 4.79 Å². The van der Waals surface area contributed by atoms with E-state index < -0.39 is 0 Å². The standard InChI is InChI=1S/C16H23NOS/c1-4-15(18)17-12-8-9-13-19-16(2,3)14-10-6-5-7-11-14/h4-7,10-11H,1,8-9,12-13H2,2-3H3,(H,17,18). The Morgan fingerprint density at radius 1 is 1.32 bits per heavy atom. The van der Waals surface area contributed by atoms with Crippen molar-refractivity contribution in [1.82, 2.24) is 5.32 Å². The first-order valence-electron chi connectivity index (χ1n) is 6.66. The Morgan fingerprint density at radius 2 is 2.00 bits per heavy atom. The van der Waals surface area contributed by atoms with E-state index in [0.29, 0.717) is 0 Å². The fourth-order valence-electron chi connectivity index (χ4n) is 1.76. The molecule has 1 aromatic rings. The van der Waals surface area contributed by atoms with Crippen molar-refractivity contribution < 1.29 is 4.79 Å². The summed E-state index contributed by atoms with van der Waals surface area (Å²) in [6.45, 7) is 8.67. The summed E-state index contributed by atoms with van der Waals surface area (Å²) in [6, 6.07) is 10.6. The molecule has 0 aliphatic heterocycles. The van der Waals surface area contributed by atoms with E-state index in [1.165, 1.54) is 11.6 Å². The average molecular weight is 277 g/mol. The zero-order valence-corrected chi connectivity index (χ0v) is 12.6. The van der Waals surface area contributed by atoms with Crippen molar-refractivity contribution in [2.75, 3.05) is 12.3 Å². The highest BCUT2D eigenvalue weighted by Crippen LogP contribution is 2.35. The molecule has 3 heteroatoms. The number of hydrogen-bond donors (Lipinski definition) is 1. The molecule has 0 unspecified atom stereocenters. The van der Waals surface area contributed by atoms with Crippen molar-refractivity contribution in [2.45, 2.75) is 31.4 Å². The maximum atomic E-state index is 11.0. The van der Waals surface area contributed by atoms with Crippen molar-refractivity contribution in [3.05, 3.63) is 48.6 Å². The first-order valence-corrected chi connectivity index (χ1v) is 7.64. The van der Waals surface area contributed by atoms with Crippen LogP contribution in [0.2, 0.25) is 0 Å². The highest BCUT2D eigenvalue weighted by molar-refractivity contribution is 8.00. The van der Waals surface area contributed by atoms with Gasteiger partial charge in [-0.15, -0.1) is 0 Å². The van der Waals surface area contributed by atoms with Gasteiger partial charge in [-0.1, -0.05) is 36.9 Å². The molecule has 1 N–H and O–H groups in total. The van der Waals surface area contributed by atoms with Gasteiger partial charge >= 0.3 is 0 Å². The van der Waals surface area contributed by atoms with Gasteiger partial charge in [0, 0.05) is 11.3 Å². The molecule has 0 saturated carbocycles. The first-order chi connectivity index (χ1) is 9.06. The molecule has 0 fully saturated rings. The minimum Gasteiger partial charge on any atom is -0.353 e. The van der Waals surface area contributed by atoms with Crippen LogP contribution in [0.25, 0.3) is 0 Å². The smallest absolute Gasteiger partial charge is 0.243 e. The molecule has 0 aliphatic carbocycles. The van der Waals surface area contributed by atoms with Crippen LogP contribution in [0.1, 0.15) is 32.3 Å². The van der Waals surface area contributed by atoms with E-state index in [1.54, 1.807) is 0 Å². The molecule has 1 aromatic carbocycles. The number of hydrogen-bond acceptors (Lipinski definition) is 2. The molecular weight excluding hydrogens is 254 g/mol. The normalized spacial score (nSPS) is 11.1. The molecule has 19 heavy (non-hydrogen) atoms. The molecule has 0 aromatic heterocycles. The van der Waals surface area contributed by atoms with Gasteiger partial charge in [0.15, 0.2) is 0 Å². The van der Waals surface area contributed by atoms with Gasteiger partial charge in [0.25, 0.3) is 0 Å². The van der Waals surface area contributed by atoms with Crippen LogP contribution in [-0.2, 0) is 9.54 Å². The zero-order valence-electron chi connectivity index (χ0n) is 11.8. The molecule has 0 saturated heterocycles. The number of rotatable bonds is 8. The summed E-state index contributed by atoms with van der Waals surface area (Å²) in [5.74, 6) is 1.02. The molecule has 0 aliphatic rings. The van der Waals surface area contributed by atoms with Crippen LogP contribution in [0.5, 0.6) is 0 Å². The predicted octanol–water partition coefficient (Wildman–Crippen LogP) is 3.74. The molecule has 0 spiro atoms. The Hall–Kier alpha value is -1.22. The Bertz CT molecular complexity index is 400. The van der Waals surface area contributed by atoms with Gasteiger partial charge in [-0.3, -0.25) is 4.79 Å². The van der Waals surface area contributed by atoms with Crippen LogP contribution in [-0.4, -0.2) is 18.2 Å². The third-order valence-corrected chi connectivity index (χ3v) is 4.44. The third kappa shape index (κ3) is 5.97. The Morgan fingerprint density at radius 3 is 2.63 bits per heavy atom. The lowest BCUT2D eigenvalue weighted by Crippen LogP contribution is -2.22. The van der Waals surface area contributed by atoms with Gasteiger partial charge in [-0.05, 0) is 44.1 Å². The lowest BCUT2D eigenvalue weighted by molar-refractivity contribution is -0.116. The Balaban J connectivity index is 2.22. The molecule has 0 atom stereocenters. The van der Waals surface area contributed by atoms with Crippen molar-refractivity contribution in [1.29, 1.82) is 0 Å². The second-order valence-electron chi connectivity index (χ2n) is 4.93. The van der Waals surface area contributed by atoms with E-state index in [4.69, 9.17) is 0 Å². The number of benzene rings is 1. The van der Waals surface area contributed by atoms with Crippen molar-refractivity contribution in [3.8, 4) is 0 Å². The molecule has 1 rings (SSSR count). The summed E-state index contributed by atoms with van der Waals surface area (Å²) in [7, 11) is 0. The number of nitrogens with one attached hydrogen (secondary N) is 1. The first kappa shape index (κ1) is 15.8. The van der Waals surface area contributed by atoms with Gasteiger partial charge in [0.2, 0.25) is 5.91 Å². The summed E-state index contributed by atoms with van der Waals surface area (Å²) in [6.07, 6.45) is 3.43. The summed E-state index contributed by atoms with van der Waals surface area (Å²) in [5.41, 5.74) is 1.36. The second kappa shape index (κ2) is 8.05. The second-order valence-corrected chi connectivity index (χ2v) is 6.64. The summed E-state index contributed by atoms with van der Waals surface area (Å²) in [5, 5.41) is 2.80. The van der Waals surface area contributed by atoms with E-state index in [0.717, 1.165) is 25.1 Å². The van der Waals surface area contributed by atoms with Crippen molar-refractivity contribution in [3.63, 3.8) is 0 Å². The lowest BCUT2D eigenvalue weighted by atomic mass is 10.0. The molecule has 0 heterocycles. The minimum absolute atomic E-state index is 0.0859. The third-order valence-electron chi connectivity index (χ3n) is 2.99. The summed E-state index contributed by atoms with van der Waals surface area (Å²) >= 11 is 1.96. The Kier molecular flexibility index (Phi) is 6.71. The maximum Gasteiger partial charge on any atom is 0.243 e. The number of thioether (sulfide) groups is 1. The number of amides is 1. The van der Waals surface area contributed by atoms with Gasteiger partial charge in [-0.25, -0.2) is 0 Å². The molecule has 104 valence electrons. The summed E-state index contributed by atoms with van der Waals surface area (Å²) in [4.78, 5) is 11.0. The van der Waals surface area contributed by atoms with Crippen LogP contribution < -0.4 is 5.32 Å². The molecule has 1 amide bonds. The van der Waals surface area contributed by atoms with Crippen LogP contribution in [0.15, 0.2) is 43.0 Å². The Labute approximate surface area is 120 Å². The minimum atomic E-state index is -0.0859. The van der Waals surface area contributed by atoms with E-state index in [2.05, 4.69) is 50.0 Å². The molecule has 0 radical (unpaired) electrons. The van der Waals surface area contributed by atoms with Gasteiger partial charge in [0.05, 0.1) is 0 Å². The number of carbonyl (C=O) groups is 1. The largest absolute Gasteiger partial charge is 0.353 e. The SMILES string of the molecule is C=CC(=O)NCCCCSC(C)(C)c1ccccc1. The number of unbranched alkanes of at least 4 members (excludes halogenated alkanes) is 1. The highest BCUT2D eigenvalue weighted by Gasteiger charge is 2.19. The quantitative estimate of drug-likeness (QED) is 0.579. The molecular formula is C16H23NOS.